The first-order valence-corrected chi connectivity index (χ1v) is 9.42. The van der Waals surface area contributed by atoms with Gasteiger partial charge in [-0.2, -0.15) is 0 Å². The number of nitrogens with zero attached hydrogens (tertiary/aromatic N) is 1. The van der Waals surface area contributed by atoms with Crippen LogP contribution in [0.4, 0.5) is 5.69 Å². The van der Waals surface area contributed by atoms with E-state index in [1.54, 1.807) is 19.1 Å². The molecule has 118 valence electrons. The third-order valence-electron chi connectivity index (χ3n) is 4.11. The third-order valence-corrected chi connectivity index (χ3v) is 5.86. The van der Waals surface area contributed by atoms with Gasteiger partial charge in [0.05, 0.1) is 10.6 Å². The lowest BCUT2D eigenvalue weighted by molar-refractivity contribution is 0.552. The summed E-state index contributed by atoms with van der Waals surface area (Å²) in [5, 5.41) is 3.52. The first kappa shape index (κ1) is 16.3. The van der Waals surface area contributed by atoms with Gasteiger partial charge in [0.15, 0.2) is 9.84 Å². The topological polar surface area (TPSA) is 49.4 Å². The van der Waals surface area contributed by atoms with E-state index in [2.05, 4.69) is 24.1 Å². The highest BCUT2D eigenvalue weighted by atomic mass is 32.2. The maximum atomic E-state index is 11.9. The summed E-state index contributed by atoms with van der Waals surface area (Å²) in [6, 6.07) is 8.24. The molecule has 0 saturated carbocycles. The minimum Gasteiger partial charge on any atom is -0.368 e. The molecule has 21 heavy (non-hydrogen) atoms. The molecule has 0 amide bonds. The molecule has 1 unspecified atom stereocenters. The van der Waals surface area contributed by atoms with Gasteiger partial charge in [0.1, 0.15) is 0 Å². The monoisotopic (exact) mass is 310 g/mol. The lowest BCUT2D eigenvalue weighted by Gasteiger charge is -2.31. The van der Waals surface area contributed by atoms with Gasteiger partial charge in [-0.25, -0.2) is 8.42 Å². The van der Waals surface area contributed by atoms with Crippen molar-refractivity contribution in [2.45, 2.75) is 50.6 Å². The first-order chi connectivity index (χ1) is 9.94. The van der Waals surface area contributed by atoms with Crippen LogP contribution in [0.25, 0.3) is 0 Å². The van der Waals surface area contributed by atoms with Crippen molar-refractivity contribution >= 4 is 15.5 Å². The molecule has 1 aliphatic heterocycles. The number of hydrogen-bond donors (Lipinski definition) is 1. The van der Waals surface area contributed by atoms with Crippen LogP contribution in [0.2, 0.25) is 0 Å². The Hall–Kier alpha value is -1.07. The van der Waals surface area contributed by atoms with Gasteiger partial charge in [0.2, 0.25) is 0 Å². The van der Waals surface area contributed by atoms with E-state index < -0.39 is 9.84 Å². The van der Waals surface area contributed by atoms with Gasteiger partial charge in [-0.1, -0.05) is 6.92 Å². The Bertz CT molecular complexity index is 546. The molecule has 1 aromatic rings. The number of anilines is 1. The van der Waals surface area contributed by atoms with Crippen molar-refractivity contribution in [3.8, 4) is 0 Å². The van der Waals surface area contributed by atoms with Crippen molar-refractivity contribution in [1.82, 2.24) is 5.32 Å². The summed E-state index contributed by atoms with van der Waals surface area (Å²) in [7, 11) is -3.11. The Morgan fingerprint density at radius 2 is 1.95 bits per heavy atom. The molecule has 1 aromatic carbocycles. The molecule has 1 heterocycles. The Morgan fingerprint density at radius 1 is 1.29 bits per heavy atom. The van der Waals surface area contributed by atoms with Crippen molar-refractivity contribution in [3.63, 3.8) is 0 Å². The minimum atomic E-state index is -3.11. The fraction of sp³-hybridized carbons (Fsp3) is 0.625. The second kappa shape index (κ2) is 6.79. The lowest BCUT2D eigenvalue weighted by Crippen LogP contribution is -2.41. The zero-order valence-corrected chi connectivity index (χ0v) is 14.0. The molecular weight excluding hydrogens is 284 g/mol. The fourth-order valence-electron chi connectivity index (χ4n) is 2.78. The van der Waals surface area contributed by atoms with Crippen LogP contribution in [0, 0.1) is 0 Å². The van der Waals surface area contributed by atoms with E-state index in [9.17, 15) is 8.42 Å². The Labute approximate surface area is 128 Å². The number of rotatable bonds is 6. The highest BCUT2D eigenvalue weighted by Crippen LogP contribution is 2.22. The smallest absolute Gasteiger partial charge is 0.178 e. The van der Waals surface area contributed by atoms with E-state index in [4.69, 9.17) is 0 Å². The van der Waals surface area contributed by atoms with Crippen LogP contribution in [0.1, 0.15) is 33.6 Å². The van der Waals surface area contributed by atoms with Gasteiger partial charge in [-0.15, -0.1) is 0 Å². The maximum absolute atomic E-state index is 11.9. The fourth-order valence-corrected chi connectivity index (χ4v) is 3.66. The van der Waals surface area contributed by atoms with Crippen molar-refractivity contribution in [3.05, 3.63) is 24.3 Å². The van der Waals surface area contributed by atoms with Crippen LogP contribution < -0.4 is 10.2 Å². The molecule has 4 nitrogen and oxygen atoms in total. The van der Waals surface area contributed by atoms with Crippen LogP contribution in [0.15, 0.2) is 29.2 Å². The molecule has 2 rings (SSSR count). The van der Waals surface area contributed by atoms with Gasteiger partial charge < -0.3 is 10.2 Å². The molecule has 1 fully saturated rings. The van der Waals surface area contributed by atoms with E-state index in [-0.39, 0.29) is 5.75 Å². The Morgan fingerprint density at radius 3 is 2.43 bits per heavy atom. The molecule has 0 spiro atoms. The van der Waals surface area contributed by atoms with E-state index >= 15 is 0 Å². The van der Waals surface area contributed by atoms with Crippen molar-refractivity contribution in [1.29, 1.82) is 0 Å². The van der Waals surface area contributed by atoms with Crippen LogP contribution in [0.5, 0.6) is 0 Å². The summed E-state index contributed by atoms with van der Waals surface area (Å²) < 4.78 is 23.7. The summed E-state index contributed by atoms with van der Waals surface area (Å²) in [6.45, 7) is 8.09. The first-order valence-electron chi connectivity index (χ1n) is 7.77. The van der Waals surface area contributed by atoms with Crippen LogP contribution >= 0.6 is 0 Å². The molecule has 0 aliphatic carbocycles. The quantitative estimate of drug-likeness (QED) is 0.877. The molecule has 0 bridgehead atoms. The largest absolute Gasteiger partial charge is 0.368 e. The number of benzene rings is 1. The lowest BCUT2D eigenvalue weighted by atomic mass is 10.1. The van der Waals surface area contributed by atoms with Crippen molar-refractivity contribution in [2.24, 2.45) is 0 Å². The van der Waals surface area contributed by atoms with E-state index in [1.807, 2.05) is 12.1 Å². The predicted octanol–water partition coefficient (Wildman–Crippen LogP) is 2.45. The van der Waals surface area contributed by atoms with E-state index in [0.29, 0.717) is 17.0 Å². The highest BCUT2D eigenvalue weighted by Gasteiger charge is 2.20. The molecule has 1 atom stereocenters. The SMILES string of the molecule is CCS(=O)(=O)c1ccc(N(CC2CCCN2)C(C)C)cc1. The zero-order chi connectivity index (χ0) is 15.5. The van der Waals surface area contributed by atoms with Gasteiger partial charge in [0.25, 0.3) is 0 Å². The predicted molar refractivity (Wildman–Crippen MR) is 87.7 cm³/mol. The molecule has 1 N–H and O–H groups in total. The molecule has 1 saturated heterocycles. The van der Waals surface area contributed by atoms with Gasteiger partial charge in [-0.3, -0.25) is 0 Å². The standard InChI is InChI=1S/C16H26N2O2S/c1-4-21(19,20)16-9-7-15(8-10-16)18(13(2)3)12-14-6-5-11-17-14/h7-10,13-14,17H,4-6,11-12H2,1-3H3. The van der Waals surface area contributed by atoms with Gasteiger partial charge in [0, 0.05) is 24.3 Å². The summed E-state index contributed by atoms with van der Waals surface area (Å²) in [5.74, 6) is 0.145. The summed E-state index contributed by atoms with van der Waals surface area (Å²) in [4.78, 5) is 2.75. The van der Waals surface area contributed by atoms with Gasteiger partial charge >= 0.3 is 0 Å². The van der Waals surface area contributed by atoms with Crippen LogP contribution in [-0.2, 0) is 9.84 Å². The van der Waals surface area contributed by atoms with E-state index in [1.165, 1.54) is 12.8 Å². The minimum absolute atomic E-state index is 0.145. The second-order valence-corrected chi connectivity index (χ2v) is 8.21. The summed E-state index contributed by atoms with van der Waals surface area (Å²) in [5.41, 5.74) is 1.09. The van der Waals surface area contributed by atoms with Crippen LogP contribution in [-0.4, -0.2) is 39.3 Å². The normalized spacial score (nSPS) is 19.1. The second-order valence-electron chi connectivity index (χ2n) is 5.94. The van der Waals surface area contributed by atoms with Crippen molar-refractivity contribution < 1.29 is 8.42 Å². The maximum Gasteiger partial charge on any atom is 0.178 e. The average Bonchev–Trinajstić information content (AvgIpc) is 2.97. The summed E-state index contributed by atoms with van der Waals surface area (Å²) in [6.07, 6.45) is 2.45. The molecule has 0 radical (unpaired) electrons. The molecule has 0 aromatic heterocycles. The molecule has 1 aliphatic rings. The van der Waals surface area contributed by atoms with Gasteiger partial charge in [-0.05, 0) is 57.5 Å². The zero-order valence-electron chi connectivity index (χ0n) is 13.2. The Balaban J connectivity index is 2.17. The third kappa shape index (κ3) is 3.98. The molecule has 5 heteroatoms. The number of nitrogens with one attached hydrogen (secondary N) is 1. The summed E-state index contributed by atoms with van der Waals surface area (Å²) >= 11 is 0. The van der Waals surface area contributed by atoms with Crippen LogP contribution in [0.3, 0.4) is 0 Å². The van der Waals surface area contributed by atoms with E-state index in [0.717, 1.165) is 18.8 Å². The number of sulfone groups is 1. The van der Waals surface area contributed by atoms with Crippen molar-refractivity contribution in [2.75, 3.05) is 23.7 Å². The average molecular weight is 310 g/mol. The Kier molecular flexibility index (Phi) is 5.27. The number of hydrogen-bond acceptors (Lipinski definition) is 4. The highest BCUT2D eigenvalue weighted by molar-refractivity contribution is 7.91. The molecular formula is C16H26N2O2S.